The number of hydrogen-bond acceptors (Lipinski definition) is 7. The Kier molecular flexibility index (Phi) is 4.79. The summed E-state index contributed by atoms with van der Waals surface area (Å²) >= 11 is 0. The molecule has 0 radical (unpaired) electrons. The van der Waals surface area contributed by atoms with Crippen molar-refractivity contribution in [3.05, 3.63) is 54.3 Å². The number of carbonyl (C=O) groups is 3. The van der Waals surface area contributed by atoms with Crippen LogP contribution in [-0.4, -0.2) is 65.4 Å². The van der Waals surface area contributed by atoms with Crippen LogP contribution >= 0.6 is 0 Å². The summed E-state index contributed by atoms with van der Waals surface area (Å²) in [5, 5.41) is 0. The second-order valence-corrected chi connectivity index (χ2v) is 6.26. The van der Waals surface area contributed by atoms with E-state index < -0.39 is 5.97 Å². The fourth-order valence-corrected chi connectivity index (χ4v) is 3.00. The van der Waals surface area contributed by atoms with Crippen LogP contribution < -0.4 is 0 Å². The standard InChI is InChI=1S/C19H17N3O6/c23-17(11-27-19(25)13-3-4-14-16(10-13)28-12-20-14)21-5-7-22(8-6-21)18(24)15-2-1-9-26-15/h1-4,9-10,12H,5-8,11H2. The monoisotopic (exact) mass is 383 g/mol. The van der Waals surface area contributed by atoms with Crippen LogP contribution in [0.2, 0.25) is 0 Å². The first-order valence-electron chi connectivity index (χ1n) is 8.73. The Morgan fingerprint density at radius 1 is 1.04 bits per heavy atom. The summed E-state index contributed by atoms with van der Waals surface area (Å²) in [7, 11) is 0. The van der Waals surface area contributed by atoms with Gasteiger partial charge in [-0.05, 0) is 30.3 Å². The molecule has 0 spiro atoms. The van der Waals surface area contributed by atoms with Crippen molar-refractivity contribution in [2.75, 3.05) is 32.8 Å². The molecule has 3 aromatic rings. The normalized spacial score (nSPS) is 14.3. The van der Waals surface area contributed by atoms with Gasteiger partial charge >= 0.3 is 5.97 Å². The van der Waals surface area contributed by atoms with Crippen molar-refractivity contribution in [1.82, 2.24) is 14.8 Å². The Morgan fingerprint density at radius 2 is 1.82 bits per heavy atom. The maximum atomic E-state index is 12.3. The van der Waals surface area contributed by atoms with E-state index in [0.717, 1.165) is 0 Å². The Bertz CT molecular complexity index is 1000. The van der Waals surface area contributed by atoms with Gasteiger partial charge in [0.1, 0.15) is 5.52 Å². The summed E-state index contributed by atoms with van der Waals surface area (Å²) in [5.41, 5.74) is 1.39. The number of nitrogens with zero attached hydrogens (tertiary/aromatic N) is 3. The van der Waals surface area contributed by atoms with Gasteiger partial charge in [0.05, 0.1) is 11.8 Å². The van der Waals surface area contributed by atoms with Gasteiger partial charge in [-0.3, -0.25) is 9.59 Å². The number of oxazole rings is 1. The first-order valence-corrected chi connectivity index (χ1v) is 8.73. The van der Waals surface area contributed by atoms with Gasteiger partial charge in [0.2, 0.25) is 0 Å². The van der Waals surface area contributed by atoms with E-state index in [4.69, 9.17) is 13.6 Å². The molecule has 0 aliphatic carbocycles. The molecule has 1 fully saturated rings. The lowest BCUT2D eigenvalue weighted by Crippen LogP contribution is -2.51. The summed E-state index contributed by atoms with van der Waals surface area (Å²) in [4.78, 5) is 43.9. The van der Waals surface area contributed by atoms with E-state index in [1.165, 1.54) is 18.7 Å². The van der Waals surface area contributed by atoms with E-state index >= 15 is 0 Å². The molecule has 0 bridgehead atoms. The summed E-state index contributed by atoms with van der Waals surface area (Å²) in [5.74, 6) is -0.846. The smallest absolute Gasteiger partial charge is 0.338 e. The summed E-state index contributed by atoms with van der Waals surface area (Å²) in [6.45, 7) is 1.15. The molecule has 3 heterocycles. The number of hydrogen-bond donors (Lipinski definition) is 0. The molecule has 1 saturated heterocycles. The fraction of sp³-hybridized carbons (Fsp3) is 0.263. The Balaban J connectivity index is 1.27. The number of benzene rings is 1. The number of amides is 2. The number of fused-ring (bicyclic) bond motifs is 1. The van der Waals surface area contributed by atoms with E-state index in [1.54, 1.807) is 34.1 Å². The minimum Gasteiger partial charge on any atom is -0.459 e. The summed E-state index contributed by atoms with van der Waals surface area (Å²) in [6, 6.07) is 7.99. The zero-order valence-electron chi connectivity index (χ0n) is 14.9. The predicted octanol–water partition coefficient (Wildman–Crippen LogP) is 1.56. The molecule has 1 aromatic carbocycles. The third-order valence-electron chi connectivity index (χ3n) is 4.55. The molecule has 9 nitrogen and oxygen atoms in total. The number of carbonyl (C=O) groups excluding carboxylic acids is 3. The molecule has 0 atom stereocenters. The summed E-state index contributed by atoms with van der Waals surface area (Å²) in [6.07, 6.45) is 2.74. The van der Waals surface area contributed by atoms with Gasteiger partial charge in [0.25, 0.3) is 11.8 Å². The molecular weight excluding hydrogens is 366 g/mol. The third-order valence-corrected chi connectivity index (χ3v) is 4.55. The molecule has 1 aliphatic heterocycles. The first kappa shape index (κ1) is 17.8. The van der Waals surface area contributed by atoms with E-state index in [9.17, 15) is 14.4 Å². The van der Waals surface area contributed by atoms with Crippen LogP contribution in [0.1, 0.15) is 20.9 Å². The van der Waals surface area contributed by atoms with E-state index in [0.29, 0.717) is 37.3 Å². The van der Waals surface area contributed by atoms with Gasteiger partial charge in [0.15, 0.2) is 24.3 Å². The minimum atomic E-state index is -0.613. The van der Waals surface area contributed by atoms with Gasteiger partial charge in [-0.15, -0.1) is 0 Å². The second-order valence-electron chi connectivity index (χ2n) is 6.26. The maximum absolute atomic E-state index is 12.3. The van der Waals surface area contributed by atoms with Gasteiger partial charge in [0, 0.05) is 26.2 Å². The topological polar surface area (TPSA) is 106 Å². The summed E-state index contributed by atoms with van der Waals surface area (Å²) < 4.78 is 15.4. The van der Waals surface area contributed by atoms with E-state index in [2.05, 4.69) is 4.98 Å². The molecule has 4 rings (SSSR count). The van der Waals surface area contributed by atoms with Crippen LogP contribution in [-0.2, 0) is 9.53 Å². The molecule has 2 amide bonds. The SMILES string of the molecule is O=C(OCC(=O)N1CCN(C(=O)c2ccco2)CC1)c1ccc2ncoc2c1. The van der Waals surface area contributed by atoms with Gasteiger partial charge in [-0.25, -0.2) is 9.78 Å². The molecule has 28 heavy (non-hydrogen) atoms. The van der Waals surface area contributed by atoms with Crippen LogP contribution in [0.25, 0.3) is 11.1 Å². The van der Waals surface area contributed by atoms with Crippen molar-refractivity contribution in [3.63, 3.8) is 0 Å². The Hall–Kier alpha value is -3.62. The minimum absolute atomic E-state index is 0.202. The van der Waals surface area contributed by atoms with Crippen molar-refractivity contribution in [3.8, 4) is 0 Å². The van der Waals surface area contributed by atoms with E-state index in [-0.39, 0.29) is 29.7 Å². The van der Waals surface area contributed by atoms with Gasteiger partial charge in [-0.1, -0.05) is 0 Å². The molecule has 1 aliphatic rings. The van der Waals surface area contributed by atoms with Crippen LogP contribution in [0.3, 0.4) is 0 Å². The van der Waals surface area contributed by atoms with Crippen LogP contribution in [0.15, 0.2) is 51.8 Å². The molecule has 9 heteroatoms. The molecule has 0 unspecified atom stereocenters. The molecule has 0 saturated carbocycles. The van der Waals surface area contributed by atoms with Crippen molar-refractivity contribution in [2.24, 2.45) is 0 Å². The highest BCUT2D eigenvalue weighted by Gasteiger charge is 2.26. The average molecular weight is 383 g/mol. The lowest BCUT2D eigenvalue weighted by Gasteiger charge is -2.34. The number of aromatic nitrogens is 1. The zero-order valence-corrected chi connectivity index (χ0v) is 14.9. The second kappa shape index (κ2) is 7.55. The lowest BCUT2D eigenvalue weighted by molar-refractivity contribution is -0.136. The highest BCUT2D eigenvalue weighted by molar-refractivity contribution is 5.94. The number of ether oxygens (including phenoxy) is 1. The van der Waals surface area contributed by atoms with Crippen LogP contribution in [0, 0.1) is 0 Å². The molecule has 144 valence electrons. The van der Waals surface area contributed by atoms with E-state index in [1.807, 2.05) is 0 Å². The highest BCUT2D eigenvalue weighted by Crippen LogP contribution is 2.15. The maximum Gasteiger partial charge on any atom is 0.338 e. The molecule has 0 N–H and O–H groups in total. The Labute approximate surface area is 159 Å². The van der Waals surface area contributed by atoms with Gasteiger partial charge in [-0.2, -0.15) is 0 Å². The van der Waals surface area contributed by atoms with Crippen LogP contribution in [0.4, 0.5) is 0 Å². The highest BCUT2D eigenvalue weighted by atomic mass is 16.5. The van der Waals surface area contributed by atoms with Crippen molar-refractivity contribution in [2.45, 2.75) is 0 Å². The lowest BCUT2D eigenvalue weighted by atomic mass is 10.2. The predicted molar refractivity (Wildman–Crippen MR) is 95.5 cm³/mol. The van der Waals surface area contributed by atoms with Crippen molar-refractivity contribution < 1.29 is 28.0 Å². The number of furan rings is 1. The van der Waals surface area contributed by atoms with Gasteiger partial charge < -0.3 is 23.4 Å². The number of rotatable bonds is 4. The third kappa shape index (κ3) is 3.59. The Morgan fingerprint density at radius 3 is 2.57 bits per heavy atom. The molecular formula is C19H17N3O6. The van der Waals surface area contributed by atoms with Crippen molar-refractivity contribution in [1.29, 1.82) is 0 Å². The number of piperazine rings is 1. The zero-order chi connectivity index (χ0) is 19.5. The van der Waals surface area contributed by atoms with Crippen molar-refractivity contribution >= 4 is 28.9 Å². The molecule has 2 aromatic heterocycles. The fourth-order valence-electron chi connectivity index (χ4n) is 3.00. The number of esters is 1. The van der Waals surface area contributed by atoms with Crippen LogP contribution in [0.5, 0.6) is 0 Å². The largest absolute Gasteiger partial charge is 0.459 e. The quantitative estimate of drug-likeness (QED) is 0.630. The average Bonchev–Trinajstić information content (AvgIpc) is 3.42. The first-order chi connectivity index (χ1) is 13.6.